The summed E-state index contributed by atoms with van der Waals surface area (Å²) in [5.74, 6) is 0.942. The molecule has 0 aliphatic rings. The van der Waals surface area contributed by atoms with Crippen molar-refractivity contribution < 1.29 is 9.84 Å². The lowest BCUT2D eigenvalue weighted by Crippen LogP contribution is -2.24. The van der Waals surface area contributed by atoms with Crippen LogP contribution in [0.2, 0.25) is 0 Å². The first-order valence-electron chi connectivity index (χ1n) is 11.4. The lowest BCUT2D eigenvalue weighted by molar-refractivity contribution is 0.414. The van der Waals surface area contributed by atoms with Crippen molar-refractivity contribution in [1.29, 1.82) is 0 Å². The van der Waals surface area contributed by atoms with Crippen molar-refractivity contribution in [3.63, 3.8) is 0 Å². The molecule has 6 rings (SSSR count). The minimum absolute atomic E-state index is 0.182. The van der Waals surface area contributed by atoms with Crippen molar-refractivity contribution in [3.8, 4) is 11.5 Å². The van der Waals surface area contributed by atoms with Crippen molar-refractivity contribution in [2.45, 2.75) is 12.8 Å². The van der Waals surface area contributed by atoms with Crippen LogP contribution in [-0.4, -0.2) is 21.0 Å². The van der Waals surface area contributed by atoms with Gasteiger partial charge in [-0.25, -0.2) is 0 Å². The maximum Gasteiger partial charge on any atom is 0.263 e. The number of aromatic hydroxyl groups is 1. The van der Waals surface area contributed by atoms with Crippen LogP contribution >= 0.6 is 0 Å². The van der Waals surface area contributed by atoms with Gasteiger partial charge in [0.05, 0.1) is 28.9 Å². The first-order valence-corrected chi connectivity index (χ1v) is 11.4. The molecule has 4 heterocycles. The van der Waals surface area contributed by atoms with Crippen LogP contribution in [0.5, 0.6) is 11.5 Å². The molecule has 0 saturated heterocycles. The molecule has 6 heteroatoms. The molecular weight excluding hydrogens is 440 g/mol. The Kier molecular flexibility index (Phi) is 4.81. The molecule has 172 valence electrons. The number of phenolic OH excluding ortho intramolecular Hbond substituents is 1. The second-order valence-electron chi connectivity index (χ2n) is 8.71. The molecule has 0 fully saturated rings. The normalized spacial score (nSPS) is 11.6. The van der Waals surface area contributed by atoms with Crippen LogP contribution in [0.3, 0.4) is 0 Å². The topological polar surface area (TPSA) is 72.4 Å². The van der Waals surface area contributed by atoms with Gasteiger partial charge in [0.1, 0.15) is 11.5 Å². The third-order valence-corrected chi connectivity index (χ3v) is 6.69. The summed E-state index contributed by atoms with van der Waals surface area (Å²) < 4.78 is 8.56. The van der Waals surface area contributed by atoms with E-state index in [1.807, 2.05) is 60.7 Å². The molecule has 0 aliphatic heterocycles. The number of phenols is 1. The summed E-state index contributed by atoms with van der Waals surface area (Å²) in [5.41, 5.74) is 4.63. The molecule has 6 nitrogen and oxygen atoms in total. The second kappa shape index (κ2) is 8.02. The molecule has 35 heavy (non-hydrogen) atoms. The van der Waals surface area contributed by atoms with Gasteiger partial charge in [-0.15, -0.1) is 0 Å². The monoisotopic (exact) mass is 462 g/mol. The van der Waals surface area contributed by atoms with E-state index in [1.54, 1.807) is 40.4 Å². The van der Waals surface area contributed by atoms with Crippen LogP contribution in [0.15, 0.2) is 94.8 Å². The van der Waals surface area contributed by atoms with E-state index in [9.17, 15) is 14.7 Å². The van der Waals surface area contributed by atoms with Crippen LogP contribution < -0.4 is 15.9 Å². The number of methoxy groups -OCH3 is 1. The molecule has 0 aliphatic carbocycles. The largest absolute Gasteiger partial charge is 0.508 e. The Bertz CT molecular complexity index is 1810. The molecule has 0 saturated carbocycles. The SMILES string of the molecule is COc1ccc(Cc2c3c(=O)n4cccc4c(Cc4ccc(O)cc4)c3c(=O)n3cccc23)cc1. The van der Waals surface area contributed by atoms with E-state index in [0.717, 1.165) is 39.0 Å². The Balaban J connectivity index is 1.69. The Labute approximate surface area is 200 Å². The highest BCUT2D eigenvalue weighted by atomic mass is 16.5. The minimum atomic E-state index is -0.201. The molecule has 0 unspecified atom stereocenters. The van der Waals surface area contributed by atoms with Gasteiger partial charge in [-0.05, 0) is 70.8 Å². The first kappa shape index (κ1) is 21.0. The number of fused-ring (bicyclic) bond motifs is 3. The summed E-state index contributed by atoms with van der Waals surface area (Å²) in [6.45, 7) is 0. The highest BCUT2D eigenvalue weighted by Crippen LogP contribution is 2.29. The first-order chi connectivity index (χ1) is 17.0. The number of ether oxygens (including phenoxy) is 1. The van der Waals surface area contributed by atoms with E-state index < -0.39 is 0 Å². The van der Waals surface area contributed by atoms with Gasteiger partial charge in [-0.2, -0.15) is 0 Å². The Hall–Kier alpha value is -4.58. The quantitative estimate of drug-likeness (QED) is 0.412. The van der Waals surface area contributed by atoms with E-state index in [1.165, 1.54) is 0 Å². The average Bonchev–Trinajstić information content (AvgIpc) is 3.56. The summed E-state index contributed by atoms with van der Waals surface area (Å²) in [6.07, 6.45) is 4.46. The Morgan fingerprint density at radius 3 is 1.60 bits per heavy atom. The van der Waals surface area contributed by atoms with E-state index in [0.29, 0.717) is 23.6 Å². The van der Waals surface area contributed by atoms with Crippen molar-refractivity contribution >= 4 is 21.8 Å². The number of aromatic nitrogens is 2. The number of rotatable bonds is 5. The zero-order valence-electron chi connectivity index (χ0n) is 19.1. The van der Waals surface area contributed by atoms with Gasteiger partial charge in [-0.1, -0.05) is 24.3 Å². The van der Waals surface area contributed by atoms with Crippen molar-refractivity contribution in [3.05, 3.63) is 128 Å². The predicted molar refractivity (Wildman–Crippen MR) is 136 cm³/mol. The fourth-order valence-corrected chi connectivity index (χ4v) is 5.00. The van der Waals surface area contributed by atoms with Gasteiger partial charge >= 0.3 is 0 Å². The molecule has 0 radical (unpaired) electrons. The van der Waals surface area contributed by atoms with E-state index in [2.05, 4.69) is 0 Å². The summed E-state index contributed by atoms with van der Waals surface area (Å²) in [7, 11) is 1.63. The van der Waals surface area contributed by atoms with Crippen LogP contribution in [0, 0.1) is 0 Å². The van der Waals surface area contributed by atoms with Crippen molar-refractivity contribution in [2.24, 2.45) is 0 Å². The van der Waals surface area contributed by atoms with Gasteiger partial charge in [0, 0.05) is 25.2 Å². The summed E-state index contributed by atoms with van der Waals surface area (Å²) >= 11 is 0. The van der Waals surface area contributed by atoms with Crippen LogP contribution in [-0.2, 0) is 12.8 Å². The smallest absolute Gasteiger partial charge is 0.263 e. The molecule has 1 N–H and O–H groups in total. The van der Waals surface area contributed by atoms with Crippen LogP contribution in [0.4, 0.5) is 0 Å². The Morgan fingerprint density at radius 1 is 0.686 bits per heavy atom. The average molecular weight is 463 g/mol. The van der Waals surface area contributed by atoms with Crippen LogP contribution in [0.1, 0.15) is 22.3 Å². The van der Waals surface area contributed by atoms with E-state index in [-0.39, 0.29) is 16.9 Å². The maximum absolute atomic E-state index is 13.8. The number of hydrogen-bond donors (Lipinski definition) is 1. The van der Waals surface area contributed by atoms with Gasteiger partial charge < -0.3 is 9.84 Å². The highest BCUT2D eigenvalue weighted by molar-refractivity contribution is 5.96. The third-order valence-electron chi connectivity index (χ3n) is 6.69. The minimum Gasteiger partial charge on any atom is -0.508 e. The molecular formula is C29H22N2O4. The standard InChI is InChI=1S/C29H22N2O4/c1-35-21-12-8-19(9-13-21)17-23-25-5-3-15-31(25)28(33)26-22(16-18-6-10-20(32)11-7-18)24-4-2-14-30(24)29(34)27(23)26/h2-15,32H,16-17H2,1H3. The maximum atomic E-state index is 13.8. The van der Waals surface area contributed by atoms with Gasteiger partial charge in [0.25, 0.3) is 11.1 Å². The zero-order valence-corrected chi connectivity index (χ0v) is 19.1. The number of nitrogens with zero attached hydrogens (tertiary/aromatic N) is 2. The second-order valence-corrected chi connectivity index (χ2v) is 8.71. The number of benzene rings is 2. The molecule has 6 aromatic rings. The van der Waals surface area contributed by atoms with Gasteiger partial charge in [-0.3, -0.25) is 18.4 Å². The van der Waals surface area contributed by atoms with Crippen molar-refractivity contribution in [2.75, 3.05) is 7.11 Å². The summed E-state index contributed by atoms with van der Waals surface area (Å²) in [5, 5.41) is 10.6. The van der Waals surface area contributed by atoms with E-state index in [4.69, 9.17) is 4.74 Å². The fourth-order valence-electron chi connectivity index (χ4n) is 5.00. The van der Waals surface area contributed by atoms with Gasteiger partial charge in [0.2, 0.25) is 0 Å². The molecule has 0 amide bonds. The molecule has 0 bridgehead atoms. The van der Waals surface area contributed by atoms with Crippen molar-refractivity contribution in [1.82, 2.24) is 8.80 Å². The van der Waals surface area contributed by atoms with E-state index >= 15 is 0 Å². The number of hydrogen-bond acceptors (Lipinski definition) is 4. The lowest BCUT2D eigenvalue weighted by atomic mass is 9.94. The summed E-state index contributed by atoms with van der Waals surface area (Å²) in [6, 6.07) is 22.1. The van der Waals surface area contributed by atoms with Gasteiger partial charge in [0.15, 0.2) is 0 Å². The van der Waals surface area contributed by atoms with Crippen LogP contribution in [0.25, 0.3) is 21.8 Å². The molecule has 2 aromatic carbocycles. The molecule has 0 spiro atoms. The third kappa shape index (κ3) is 3.34. The summed E-state index contributed by atoms with van der Waals surface area (Å²) in [4.78, 5) is 27.6. The fraction of sp³-hybridized carbons (Fsp3) is 0.103. The Morgan fingerprint density at radius 2 is 1.14 bits per heavy atom. The highest BCUT2D eigenvalue weighted by Gasteiger charge is 2.22. The molecule has 0 atom stereocenters. The predicted octanol–water partition coefficient (Wildman–Crippen LogP) is 4.40. The zero-order chi connectivity index (χ0) is 24.1. The number of pyridine rings is 2. The molecule has 4 aromatic heterocycles. The lowest BCUT2D eigenvalue weighted by Gasteiger charge is -2.15.